The zero-order valence-electron chi connectivity index (χ0n) is 8.68. The van der Waals surface area contributed by atoms with E-state index in [1.807, 2.05) is 37.3 Å². The summed E-state index contributed by atoms with van der Waals surface area (Å²) >= 11 is 0. The highest BCUT2D eigenvalue weighted by molar-refractivity contribution is 5.80. The third kappa shape index (κ3) is 2.18. The number of carbonyl (C=O) groups is 1. The summed E-state index contributed by atoms with van der Waals surface area (Å²) in [7, 11) is 0. The molecule has 0 aliphatic carbocycles. The summed E-state index contributed by atoms with van der Waals surface area (Å²) in [6.45, 7) is 2.46. The number of carbonyl (C=O) groups excluding carboxylic acids is 1. The smallest absolute Gasteiger partial charge is 0.315 e. The number of rotatable bonds is 3. The molecular formula is C12H14O3. The summed E-state index contributed by atoms with van der Waals surface area (Å²) in [6.07, 6.45) is 0.254. The van der Waals surface area contributed by atoms with Crippen LogP contribution in [-0.2, 0) is 14.3 Å². The van der Waals surface area contributed by atoms with Gasteiger partial charge >= 0.3 is 5.97 Å². The standard InChI is InChI=1S/C12H14O3/c1-2-14-11-8-10(12(13)15-11)9-6-4-3-5-7-9/h3-7,10-11H,2,8H2,1H3/t10-,11-/m1/s1. The van der Waals surface area contributed by atoms with Crippen LogP contribution >= 0.6 is 0 Å². The third-order valence-corrected chi connectivity index (χ3v) is 2.51. The monoisotopic (exact) mass is 206 g/mol. The Labute approximate surface area is 89.0 Å². The maximum Gasteiger partial charge on any atom is 0.315 e. The second-order valence-electron chi connectivity index (χ2n) is 3.52. The van der Waals surface area contributed by atoms with Gasteiger partial charge in [-0.05, 0) is 12.5 Å². The topological polar surface area (TPSA) is 35.5 Å². The van der Waals surface area contributed by atoms with Gasteiger partial charge < -0.3 is 9.47 Å². The van der Waals surface area contributed by atoms with E-state index in [4.69, 9.17) is 9.47 Å². The second kappa shape index (κ2) is 4.45. The zero-order chi connectivity index (χ0) is 10.7. The first-order chi connectivity index (χ1) is 7.31. The van der Waals surface area contributed by atoms with E-state index >= 15 is 0 Å². The Morgan fingerprint density at radius 1 is 1.40 bits per heavy atom. The fourth-order valence-corrected chi connectivity index (χ4v) is 1.79. The van der Waals surface area contributed by atoms with Gasteiger partial charge in [0.05, 0.1) is 5.92 Å². The van der Waals surface area contributed by atoms with Crippen molar-refractivity contribution in [1.29, 1.82) is 0 Å². The molecule has 0 bridgehead atoms. The molecule has 15 heavy (non-hydrogen) atoms. The number of ether oxygens (including phenoxy) is 2. The number of cyclic esters (lactones) is 1. The minimum atomic E-state index is -0.368. The van der Waals surface area contributed by atoms with Crippen LogP contribution in [-0.4, -0.2) is 18.9 Å². The molecule has 0 unspecified atom stereocenters. The van der Waals surface area contributed by atoms with E-state index in [9.17, 15) is 4.79 Å². The first kappa shape index (κ1) is 10.2. The molecule has 1 heterocycles. The lowest BCUT2D eigenvalue weighted by atomic mass is 9.98. The fourth-order valence-electron chi connectivity index (χ4n) is 1.79. The minimum absolute atomic E-state index is 0.164. The Morgan fingerprint density at radius 2 is 2.13 bits per heavy atom. The Hall–Kier alpha value is -1.35. The van der Waals surface area contributed by atoms with E-state index in [2.05, 4.69) is 0 Å². The van der Waals surface area contributed by atoms with Crippen LogP contribution in [0.1, 0.15) is 24.8 Å². The van der Waals surface area contributed by atoms with E-state index in [-0.39, 0.29) is 18.2 Å². The lowest BCUT2D eigenvalue weighted by molar-refractivity contribution is -0.161. The molecule has 1 aliphatic rings. The molecule has 1 fully saturated rings. The van der Waals surface area contributed by atoms with Crippen molar-refractivity contribution in [2.45, 2.75) is 25.6 Å². The Balaban J connectivity index is 2.09. The predicted octanol–water partition coefficient (Wildman–Crippen LogP) is 2.08. The molecule has 2 rings (SSSR count). The first-order valence-electron chi connectivity index (χ1n) is 5.18. The van der Waals surface area contributed by atoms with Crippen LogP contribution in [0, 0.1) is 0 Å². The molecule has 2 atom stereocenters. The quantitative estimate of drug-likeness (QED) is 0.710. The summed E-state index contributed by atoms with van der Waals surface area (Å²) in [4.78, 5) is 11.6. The molecule has 0 radical (unpaired) electrons. The average Bonchev–Trinajstić information content (AvgIpc) is 2.61. The van der Waals surface area contributed by atoms with Crippen LogP contribution < -0.4 is 0 Å². The van der Waals surface area contributed by atoms with Gasteiger partial charge in [0.1, 0.15) is 0 Å². The van der Waals surface area contributed by atoms with Gasteiger partial charge in [0.15, 0.2) is 0 Å². The molecule has 0 aromatic heterocycles. The maximum absolute atomic E-state index is 11.6. The largest absolute Gasteiger partial charge is 0.435 e. The first-order valence-corrected chi connectivity index (χ1v) is 5.18. The molecule has 0 saturated carbocycles. The Bertz CT molecular complexity index is 334. The molecule has 1 saturated heterocycles. The summed E-state index contributed by atoms with van der Waals surface area (Å²) < 4.78 is 10.4. The van der Waals surface area contributed by atoms with Gasteiger partial charge in [-0.1, -0.05) is 30.3 Å². The van der Waals surface area contributed by atoms with Crippen LogP contribution in [0.25, 0.3) is 0 Å². The highest BCUT2D eigenvalue weighted by Crippen LogP contribution is 2.30. The van der Waals surface area contributed by atoms with Crippen molar-refractivity contribution in [2.75, 3.05) is 6.61 Å². The van der Waals surface area contributed by atoms with Gasteiger partial charge in [-0.25, -0.2) is 0 Å². The SMILES string of the molecule is CCO[C@H]1C[C@H](c2ccccc2)C(=O)O1. The van der Waals surface area contributed by atoms with Gasteiger partial charge in [0.25, 0.3) is 0 Å². The van der Waals surface area contributed by atoms with Gasteiger partial charge in [-0.3, -0.25) is 4.79 Å². The lowest BCUT2D eigenvalue weighted by Gasteiger charge is -2.07. The molecular weight excluding hydrogens is 192 g/mol. The van der Waals surface area contributed by atoms with Crippen molar-refractivity contribution in [3.8, 4) is 0 Å². The number of benzene rings is 1. The van der Waals surface area contributed by atoms with Crippen LogP contribution in [0.2, 0.25) is 0 Å². The van der Waals surface area contributed by atoms with Crippen molar-refractivity contribution in [3.63, 3.8) is 0 Å². The lowest BCUT2D eigenvalue weighted by Crippen LogP contribution is -2.10. The van der Waals surface area contributed by atoms with E-state index in [0.29, 0.717) is 13.0 Å². The summed E-state index contributed by atoms with van der Waals surface area (Å²) in [5.41, 5.74) is 1.00. The summed E-state index contributed by atoms with van der Waals surface area (Å²) in [5, 5.41) is 0. The molecule has 3 heteroatoms. The Kier molecular flexibility index (Phi) is 3.02. The highest BCUT2D eigenvalue weighted by Gasteiger charge is 2.35. The van der Waals surface area contributed by atoms with Gasteiger partial charge in [-0.15, -0.1) is 0 Å². The van der Waals surface area contributed by atoms with E-state index in [0.717, 1.165) is 5.56 Å². The second-order valence-corrected chi connectivity index (χ2v) is 3.52. The summed E-state index contributed by atoms with van der Waals surface area (Å²) in [5.74, 6) is -0.345. The maximum atomic E-state index is 11.6. The van der Waals surface area contributed by atoms with Crippen molar-refractivity contribution in [1.82, 2.24) is 0 Å². The molecule has 0 spiro atoms. The molecule has 1 aliphatic heterocycles. The normalized spacial score (nSPS) is 25.3. The van der Waals surface area contributed by atoms with Gasteiger partial charge in [-0.2, -0.15) is 0 Å². The summed E-state index contributed by atoms with van der Waals surface area (Å²) in [6, 6.07) is 9.68. The molecule has 1 aromatic carbocycles. The number of esters is 1. The average molecular weight is 206 g/mol. The molecule has 80 valence electrons. The predicted molar refractivity (Wildman–Crippen MR) is 55.3 cm³/mol. The van der Waals surface area contributed by atoms with E-state index in [1.165, 1.54) is 0 Å². The molecule has 0 N–H and O–H groups in total. The highest BCUT2D eigenvalue weighted by atomic mass is 16.7. The van der Waals surface area contributed by atoms with Crippen LogP contribution in [0.15, 0.2) is 30.3 Å². The van der Waals surface area contributed by atoms with Crippen molar-refractivity contribution in [2.24, 2.45) is 0 Å². The fraction of sp³-hybridized carbons (Fsp3) is 0.417. The molecule has 3 nitrogen and oxygen atoms in total. The van der Waals surface area contributed by atoms with Crippen LogP contribution in [0.5, 0.6) is 0 Å². The van der Waals surface area contributed by atoms with E-state index < -0.39 is 0 Å². The zero-order valence-corrected chi connectivity index (χ0v) is 8.68. The number of hydrogen-bond donors (Lipinski definition) is 0. The van der Waals surface area contributed by atoms with Crippen LogP contribution in [0.4, 0.5) is 0 Å². The molecule has 1 aromatic rings. The van der Waals surface area contributed by atoms with Gasteiger partial charge in [0, 0.05) is 13.0 Å². The van der Waals surface area contributed by atoms with Crippen molar-refractivity contribution >= 4 is 5.97 Å². The van der Waals surface area contributed by atoms with Gasteiger partial charge in [0.2, 0.25) is 6.29 Å². The van der Waals surface area contributed by atoms with Crippen LogP contribution in [0.3, 0.4) is 0 Å². The minimum Gasteiger partial charge on any atom is -0.435 e. The molecule has 0 amide bonds. The van der Waals surface area contributed by atoms with Crippen molar-refractivity contribution < 1.29 is 14.3 Å². The van der Waals surface area contributed by atoms with Crippen molar-refractivity contribution in [3.05, 3.63) is 35.9 Å². The number of hydrogen-bond acceptors (Lipinski definition) is 3. The third-order valence-electron chi connectivity index (χ3n) is 2.51. The van der Waals surface area contributed by atoms with E-state index in [1.54, 1.807) is 0 Å². The Morgan fingerprint density at radius 3 is 2.80 bits per heavy atom.